The Hall–Kier alpha value is -5.01. The summed E-state index contributed by atoms with van der Waals surface area (Å²) < 4.78 is 39.2. The van der Waals surface area contributed by atoms with E-state index in [2.05, 4.69) is 22.3 Å². The van der Waals surface area contributed by atoms with Crippen molar-refractivity contribution in [3.05, 3.63) is 167 Å². The van der Waals surface area contributed by atoms with Crippen LogP contribution < -0.4 is 5.32 Å². The molecule has 1 fully saturated rings. The van der Waals surface area contributed by atoms with Crippen LogP contribution in [0.15, 0.2) is 133 Å². The van der Waals surface area contributed by atoms with E-state index in [0.717, 1.165) is 54.8 Å². The zero-order valence-corrected chi connectivity index (χ0v) is 26.5. The highest BCUT2D eigenvalue weighted by atomic mass is 19.4. The van der Waals surface area contributed by atoms with Gasteiger partial charge in [-0.15, -0.1) is 0 Å². The van der Waals surface area contributed by atoms with Crippen LogP contribution in [0.3, 0.4) is 0 Å². The number of piperidine rings is 1. The minimum absolute atomic E-state index is 0.00239. The maximum Gasteiger partial charge on any atom is 0.416 e. The van der Waals surface area contributed by atoms with E-state index in [4.69, 9.17) is 0 Å². The summed E-state index contributed by atoms with van der Waals surface area (Å²) in [6, 6.07) is 39.6. The number of hydrogen-bond acceptors (Lipinski definition) is 3. The predicted molar refractivity (Wildman–Crippen MR) is 182 cm³/mol. The van der Waals surface area contributed by atoms with Gasteiger partial charge in [0.15, 0.2) is 5.78 Å². The van der Waals surface area contributed by atoms with Gasteiger partial charge in [0.25, 0.3) is 0 Å². The van der Waals surface area contributed by atoms with E-state index in [1.165, 1.54) is 17.7 Å². The Morgan fingerprint density at radius 3 is 1.96 bits per heavy atom. The van der Waals surface area contributed by atoms with Crippen molar-refractivity contribution >= 4 is 11.7 Å². The molecule has 1 aliphatic heterocycles. The SMILES string of the molecule is O=C(Cc1ccc(C2CCN(C(C(=O)NCc3ccccc3)c3ccccc3)CC2)cc1)c1ccccc1-c1ccc(C(F)(F)F)cc1. The van der Waals surface area contributed by atoms with Gasteiger partial charge in [-0.05, 0) is 77.4 Å². The van der Waals surface area contributed by atoms with Gasteiger partial charge in [-0.2, -0.15) is 13.2 Å². The third-order valence-electron chi connectivity index (χ3n) is 9.13. The number of ketones is 1. The van der Waals surface area contributed by atoms with Crippen LogP contribution in [-0.4, -0.2) is 29.7 Å². The second-order valence-electron chi connectivity index (χ2n) is 12.3. The molecule has 0 aromatic heterocycles. The Balaban J connectivity index is 1.08. The molecule has 1 unspecified atom stereocenters. The fraction of sp³-hybridized carbons (Fsp3) is 0.220. The molecule has 244 valence electrons. The van der Waals surface area contributed by atoms with Crippen LogP contribution in [0.25, 0.3) is 11.1 Å². The van der Waals surface area contributed by atoms with Crippen molar-refractivity contribution in [1.29, 1.82) is 0 Å². The monoisotopic (exact) mass is 646 g/mol. The fourth-order valence-corrected chi connectivity index (χ4v) is 6.54. The minimum atomic E-state index is -4.42. The summed E-state index contributed by atoms with van der Waals surface area (Å²) in [5.41, 5.74) is 5.07. The summed E-state index contributed by atoms with van der Waals surface area (Å²) in [5.74, 6) is 0.247. The topological polar surface area (TPSA) is 49.4 Å². The predicted octanol–water partition coefficient (Wildman–Crippen LogP) is 9.03. The fourth-order valence-electron chi connectivity index (χ4n) is 6.54. The van der Waals surface area contributed by atoms with Gasteiger partial charge in [-0.25, -0.2) is 0 Å². The summed E-state index contributed by atoms with van der Waals surface area (Å²) in [6.07, 6.45) is -2.41. The Labute approximate surface area is 279 Å². The molecule has 1 amide bonds. The van der Waals surface area contributed by atoms with Gasteiger partial charge in [-0.3, -0.25) is 14.5 Å². The van der Waals surface area contributed by atoms with Crippen LogP contribution >= 0.6 is 0 Å². The van der Waals surface area contributed by atoms with Crippen molar-refractivity contribution in [2.24, 2.45) is 0 Å². The summed E-state index contributed by atoms with van der Waals surface area (Å²) >= 11 is 0. The van der Waals surface area contributed by atoms with Gasteiger partial charge in [0.05, 0.1) is 5.56 Å². The maximum atomic E-state index is 13.5. The number of nitrogens with one attached hydrogen (secondary N) is 1. The molecular formula is C41H37F3N2O2. The normalized spacial score (nSPS) is 14.7. The lowest BCUT2D eigenvalue weighted by atomic mass is 9.87. The first-order valence-corrected chi connectivity index (χ1v) is 16.3. The van der Waals surface area contributed by atoms with Crippen molar-refractivity contribution in [3.8, 4) is 11.1 Å². The van der Waals surface area contributed by atoms with Gasteiger partial charge in [-0.1, -0.05) is 121 Å². The Kier molecular flexibility index (Phi) is 10.2. The Bertz CT molecular complexity index is 1810. The number of nitrogens with zero attached hydrogens (tertiary/aromatic N) is 1. The van der Waals surface area contributed by atoms with Crippen LogP contribution in [0.1, 0.15) is 63.0 Å². The van der Waals surface area contributed by atoms with E-state index >= 15 is 0 Å². The van der Waals surface area contributed by atoms with Crippen molar-refractivity contribution in [3.63, 3.8) is 0 Å². The molecule has 0 bridgehead atoms. The molecule has 1 N–H and O–H groups in total. The number of rotatable bonds is 10. The second kappa shape index (κ2) is 14.8. The third-order valence-corrected chi connectivity index (χ3v) is 9.13. The lowest BCUT2D eigenvalue weighted by Gasteiger charge is -2.37. The lowest BCUT2D eigenvalue weighted by molar-refractivity contribution is -0.137. The maximum absolute atomic E-state index is 13.5. The zero-order chi connectivity index (χ0) is 33.5. The van der Waals surface area contributed by atoms with Crippen LogP contribution in [-0.2, 0) is 23.9 Å². The first-order valence-electron chi connectivity index (χ1n) is 16.3. The van der Waals surface area contributed by atoms with E-state index in [9.17, 15) is 22.8 Å². The van der Waals surface area contributed by atoms with E-state index in [1.807, 2.05) is 72.8 Å². The van der Waals surface area contributed by atoms with Crippen molar-refractivity contribution in [1.82, 2.24) is 10.2 Å². The first kappa shape index (κ1) is 32.9. The van der Waals surface area contributed by atoms with E-state index < -0.39 is 11.7 Å². The lowest BCUT2D eigenvalue weighted by Crippen LogP contribution is -2.43. The Morgan fingerprint density at radius 2 is 1.31 bits per heavy atom. The molecule has 1 heterocycles. The quantitative estimate of drug-likeness (QED) is 0.154. The smallest absolute Gasteiger partial charge is 0.350 e. The van der Waals surface area contributed by atoms with Crippen LogP contribution in [0.5, 0.6) is 0 Å². The molecule has 5 aromatic rings. The standard InChI is InChI=1S/C41H37F3N2O2/c42-41(43,44)35-21-19-33(20-22-35)36-13-7-8-14-37(36)38(47)27-29-15-17-31(18-16-29)32-23-25-46(26-24-32)39(34-11-5-2-6-12-34)40(48)45-28-30-9-3-1-4-10-30/h1-22,32,39H,23-28H2,(H,45,48). The Morgan fingerprint density at radius 1 is 0.708 bits per heavy atom. The average molecular weight is 647 g/mol. The number of hydrogen-bond donors (Lipinski definition) is 1. The highest BCUT2D eigenvalue weighted by Gasteiger charge is 2.32. The summed E-state index contributed by atoms with van der Waals surface area (Å²) in [6.45, 7) is 2.04. The molecule has 1 saturated heterocycles. The van der Waals surface area contributed by atoms with Gasteiger partial charge in [0.1, 0.15) is 6.04 Å². The molecule has 48 heavy (non-hydrogen) atoms. The van der Waals surface area contributed by atoms with Crippen LogP contribution in [0.2, 0.25) is 0 Å². The van der Waals surface area contributed by atoms with Crippen LogP contribution in [0, 0.1) is 0 Å². The van der Waals surface area contributed by atoms with Gasteiger partial charge in [0, 0.05) is 18.5 Å². The number of halogens is 3. The molecular weight excluding hydrogens is 609 g/mol. The van der Waals surface area contributed by atoms with Crippen molar-refractivity contribution in [2.45, 2.75) is 43.9 Å². The number of carbonyl (C=O) groups is 2. The van der Waals surface area contributed by atoms with E-state index in [-0.39, 0.29) is 24.2 Å². The van der Waals surface area contributed by atoms with Crippen LogP contribution in [0.4, 0.5) is 13.2 Å². The minimum Gasteiger partial charge on any atom is -0.350 e. The van der Waals surface area contributed by atoms with Crippen molar-refractivity contribution < 1.29 is 22.8 Å². The molecule has 4 nitrogen and oxygen atoms in total. The number of likely N-dealkylation sites (tertiary alicyclic amines) is 1. The molecule has 6 rings (SSSR count). The van der Waals surface area contributed by atoms with Gasteiger partial charge in [0.2, 0.25) is 5.91 Å². The zero-order valence-electron chi connectivity index (χ0n) is 26.5. The molecule has 5 aromatic carbocycles. The molecule has 0 spiro atoms. The highest BCUT2D eigenvalue weighted by Crippen LogP contribution is 2.34. The summed E-state index contributed by atoms with van der Waals surface area (Å²) in [5, 5.41) is 3.14. The summed E-state index contributed by atoms with van der Waals surface area (Å²) in [4.78, 5) is 29.2. The van der Waals surface area contributed by atoms with Gasteiger partial charge < -0.3 is 5.32 Å². The first-order chi connectivity index (χ1) is 23.3. The second-order valence-corrected chi connectivity index (χ2v) is 12.3. The van der Waals surface area contributed by atoms with E-state index in [1.54, 1.807) is 24.3 Å². The number of Topliss-reactive ketones (excluding diaryl/α,β-unsaturated/α-hetero) is 1. The molecule has 1 aliphatic rings. The third kappa shape index (κ3) is 7.92. The number of alkyl halides is 3. The largest absolute Gasteiger partial charge is 0.416 e. The molecule has 0 saturated carbocycles. The molecule has 0 radical (unpaired) electrons. The average Bonchev–Trinajstić information content (AvgIpc) is 3.12. The summed E-state index contributed by atoms with van der Waals surface area (Å²) in [7, 11) is 0. The molecule has 1 atom stereocenters. The number of amides is 1. The number of carbonyl (C=O) groups excluding carboxylic acids is 2. The van der Waals surface area contributed by atoms with E-state index in [0.29, 0.717) is 29.2 Å². The van der Waals surface area contributed by atoms with Crippen molar-refractivity contribution in [2.75, 3.05) is 13.1 Å². The highest BCUT2D eigenvalue weighted by molar-refractivity contribution is 6.03. The van der Waals surface area contributed by atoms with Gasteiger partial charge >= 0.3 is 6.18 Å². The molecule has 7 heteroatoms. The number of benzene rings is 5. The molecule has 0 aliphatic carbocycles.